The minimum Gasteiger partial charge on any atom is -0.497 e. The fourth-order valence-corrected chi connectivity index (χ4v) is 16.8. The first kappa shape index (κ1) is 80.0. The first-order valence-corrected chi connectivity index (χ1v) is 40.4. The number of carbonyl (C=O) groups is 4. The second kappa shape index (κ2) is 35.4. The number of methoxy groups -OCH3 is 2. The number of aromatic nitrogens is 4. The van der Waals surface area contributed by atoms with Crippen LogP contribution in [0, 0.1) is 10.1 Å². The van der Waals surface area contributed by atoms with Gasteiger partial charge in [0.1, 0.15) is 48.0 Å². The van der Waals surface area contributed by atoms with Crippen LogP contribution in [0.4, 0.5) is 24.9 Å². The maximum atomic E-state index is 13.2. The summed E-state index contributed by atoms with van der Waals surface area (Å²) in [6.07, 6.45) is 1.29. The van der Waals surface area contributed by atoms with Gasteiger partial charge in [0.15, 0.2) is 0 Å². The molecule has 4 unspecified atom stereocenters. The standard InChI is InChI=1S/C25H21ClN2O3.C22H23ClN2O3.C20H17BrCl2N2O2.C20H18BrN3O4/c1-30-18-10-7-16(8-11-18)24-23-20(21-15-17(26)9-12-22(21)27-23)13-14-28(24)25(29)31-19-5-3-2-4-6-19;1-13(2)28-22(26)25-11-10-17-18-12-15(23)6-9-19(18)24-20(17)21(25)14-4-7-16(27-3)8-5-14;21-13-3-1-12(2-4-13)19-18-15(7-9-25(19)20(26)27-10-8-22)16-11-14(23)5-6-17(16)24-18;1-2-28-20(25)23-10-9-15-16-11-13(21)5-8-17(16)22-18(15)19(23)12-3-6-14(7-4-12)24(26)27/h2-12,15,24,27H,13-14H2,1H3;4-9,12-13,21,24H,10-11H2,1-3H3;1-6,11,19,24H,7-10H2;3-8,11,19,22H,2,9-10H2,1H3. The van der Waals surface area contributed by atoms with Crippen molar-refractivity contribution in [3.63, 3.8) is 0 Å². The van der Waals surface area contributed by atoms with Crippen LogP contribution in [-0.2, 0) is 39.9 Å². The highest BCUT2D eigenvalue weighted by Gasteiger charge is 2.41. The molecule has 0 fully saturated rings. The Morgan fingerprint density at radius 3 is 1.18 bits per heavy atom. The molecule has 4 atom stereocenters. The number of nitro groups is 1. The van der Waals surface area contributed by atoms with Crippen molar-refractivity contribution in [3.05, 3.63) is 302 Å². The van der Waals surface area contributed by atoms with Gasteiger partial charge in [0.2, 0.25) is 0 Å². The molecule has 9 aromatic carbocycles. The Kier molecular flexibility index (Phi) is 24.8. The zero-order chi connectivity index (χ0) is 80.0. The van der Waals surface area contributed by atoms with Crippen molar-refractivity contribution in [2.45, 2.75) is 76.7 Å². The van der Waals surface area contributed by atoms with Gasteiger partial charge in [0, 0.05) is 129 Å². The van der Waals surface area contributed by atoms with Crippen molar-refractivity contribution in [3.8, 4) is 17.2 Å². The van der Waals surface area contributed by atoms with E-state index in [0.29, 0.717) is 59.8 Å². The normalized spacial score (nSPS) is 16.1. The van der Waals surface area contributed by atoms with E-state index in [9.17, 15) is 29.3 Å². The molecule has 0 spiro atoms. The van der Waals surface area contributed by atoms with Crippen molar-refractivity contribution in [2.75, 3.05) is 59.5 Å². The van der Waals surface area contributed by atoms with Crippen LogP contribution in [0.1, 0.15) is 112 Å². The fourth-order valence-electron chi connectivity index (χ4n) is 15.5. The van der Waals surface area contributed by atoms with Crippen LogP contribution < -0.4 is 14.2 Å². The number of aromatic amines is 4. The third-order valence-electron chi connectivity index (χ3n) is 20.6. The fraction of sp³-hybridized carbons (Fsp3) is 0.241. The Balaban J connectivity index is 0.000000126. The summed E-state index contributed by atoms with van der Waals surface area (Å²) in [5, 5.41) is 17.5. The second-order valence-electron chi connectivity index (χ2n) is 27.8. The van der Waals surface area contributed by atoms with E-state index in [2.05, 4.69) is 57.9 Å². The van der Waals surface area contributed by atoms with E-state index in [0.717, 1.165) is 127 Å². The van der Waals surface area contributed by atoms with E-state index in [-0.39, 0.29) is 67.3 Å². The molecule has 586 valence electrons. The average molecular weight is 1740 g/mol. The number of amides is 4. The quantitative estimate of drug-likeness (QED) is 0.0386. The number of nitro benzene ring substituents is 1. The van der Waals surface area contributed by atoms with Gasteiger partial charge in [0.25, 0.3) is 5.69 Å². The lowest BCUT2D eigenvalue weighted by Crippen LogP contribution is -2.42. The highest BCUT2D eigenvalue weighted by Crippen LogP contribution is 2.45. The largest absolute Gasteiger partial charge is 0.497 e. The lowest BCUT2D eigenvalue weighted by molar-refractivity contribution is -0.384. The molecule has 114 heavy (non-hydrogen) atoms. The smallest absolute Gasteiger partial charge is 0.416 e. The molecule has 4 N–H and O–H groups in total. The summed E-state index contributed by atoms with van der Waals surface area (Å²) in [4.78, 5) is 82.9. The molecule has 4 amide bonds. The number of rotatable bonds is 12. The van der Waals surface area contributed by atoms with Crippen molar-refractivity contribution < 1.29 is 52.5 Å². The monoisotopic (exact) mass is 1740 g/mol. The van der Waals surface area contributed by atoms with Gasteiger partial charge in [-0.25, -0.2) is 19.2 Å². The Morgan fingerprint density at radius 1 is 0.456 bits per heavy atom. The predicted molar refractivity (Wildman–Crippen MR) is 451 cm³/mol. The predicted octanol–water partition coefficient (Wildman–Crippen LogP) is 22.1. The van der Waals surface area contributed by atoms with Crippen LogP contribution in [0.5, 0.6) is 17.2 Å². The zero-order valence-corrected chi connectivity index (χ0v) is 68.8. The van der Waals surface area contributed by atoms with E-state index >= 15 is 0 Å². The maximum Gasteiger partial charge on any atom is 0.416 e. The summed E-state index contributed by atoms with van der Waals surface area (Å²) in [7, 11) is 3.28. The van der Waals surface area contributed by atoms with Gasteiger partial charge >= 0.3 is 24.4 Å². The molecule has 13 aromatic rings. The first-order chi connectivity index (χ1) is 55.2. The van der Waals surface area contributed by atoms with Crippen molar-refractivity contribution in [1.82, 2.24) is 39.5 Å². The number of benzene rings is 9. The van der Waals surface area contributed by atoms with Crippen molar-refractivity contribution in [1.29, 1.82) is 0 Å². The van der Waals surface area contributed by atoms with Gasteiger partial charge in [-0.3, -0.25) is 29.7 Å². The summed E-state index contributed by atoms with van der Waals surface area (Å²) in [6, 6.07) is 61.4. The lowest BCUT2D eigenvalue weighted by Gasteiger charge is -2.35. The number of fused-ring (bicyclic) bond motifs is 12. The lowest BCUT2D eigenvalue weighted by atomic mass is 9.92. The van der Waals surface area contributed by atoms with Crippen LogP contribution in [0.25, 0.3) is 43.6 Å². The van der Waals surface area contributed by atoms with Crippen LogP contribution >= 0.6 is 78.3 Å². The molecular weight excluding hydrogens is 1660 g/mol. The summed E-state index contributed by atoms with van der Waals surface area (Å²) >= 11 is 31.4. The molecule has 0 saturated heterocycles. The minimum absolute atomic E-state index is 0.0167. The number of nitrogens with zero attached hydrogens (tertiary/aromatic N) is 5. The Morgan fingerprint density at radius 2 is 0.807 bits per heavy atom. The molecule has 8 heterocycles. The van der Waals surface area contributed by atoms with E-state index < -0.39 is 17.1 Å². The van der Waals surface area contributed by atoms with E-state index in [1.54, 1.807) is 65.0 Å². The van der Waals surface area contributed by atoms with Gasteiger partial charge in [-0.2, -0.15) is 0 Å². The Bertz CT molecular complexity index is 5690. The minimum atomic E-state index is -0.431. The van der Waals surface area contributed by atoms with Crippen LogP contribution in [-0.4, -0.2) is 134 Å². The molecule has 0 bridgehead atoms. The van der Waals surface area contributed by atoms with Crippen molar-refractivity contribution >= 4 is 152 Å². The number of ether oxygens (including phenoxy) is 6. The Hall–Kier alpha value is -10.7. The van der Waals surface area contributed by atoms with Crippen LogP contribution in [0.15, 0.2) is 209 Å². The summed E-state index contributed by atoms with van der Waals surface area (Å²) in [5.41, 5.74) is 16.5. The van der Waals surface area contributed by atoms with Gasteiger partial charge < -0.3 is 48.4 Å². The molecule has 17 rings (SSSR count). The number of para-hydroxylation sites is 1. The average Bonchev–Trinajstić information content (AvgIpc) is 1.58. The SMILES string of the molecule is CCOC(=O)N1CCc2c([nH]c3ccc(Br)cc23)C1c1ccc([N+](=O)[O-])cc1.COc1ccc(C2c3[nH]c4ccc(Cl)cc4c3CCN2C(=O)OC(C)C)cc1.COc1ccc(C2c3[nH]c4ccc(Cl)cc4c3CCN2C(=O)Oc2ccccc2)cc1.O=C(OCCCl)N1CCc2c([nH]c3ccc(Cl)cc23)C1c1ccc(Br)cc1. The molecule has 4 aliphatic rings. The molecule has 4 aromatic heterocycles. The summed E-state index contributed by atoms with van der Waals surface area (Å²) in [5.74, 6) is 2.34. The number of H-pyrrole nitrogens is 4. The Labute approximate surface area is 694 Å². The number of hydrogen-bond donors (Lipinski definition) is 4. The van der Waals surface area contributed by atoms with Gasteiger partial charge in [0.05, 0.1) is 37.7 Å². The molecule has 0 aliphatic carbocycles. The molecular formula is C87H79Br2Cl4N9O12. The van der Waals surface area contributed by atoms with E-state index in [1.807, 2.05) is 172 Å². The number of hydrogen-bond acceptors (Lipinski definition) is 12. The highest BCUT2D eigenvalue weighted by molar-refractivity contribution is 9.10. The van der Waals surface area contributed by atoms with Crippen LogP contribution in [0.2, 0.25) is 15.1 Å². The number of alkyl halides is 1. The number of halogens is 6. The maximum absolute atomic E-state index is 13.2. The highest BCUT2D eigenvalue weighted by atomic mass is 79.9. The van der Waals surface area contributed by atoms with Gasteiger partial charge in [-0.05, 0) is 224 Å². The third-order valence-corrected chi connectivity index (χ3v) is 22.5. The molecule has 21 nitrogen and oxygen atoms in total. The second-order valence-corrected chi connectivity index (χ2v) is 31.3. The first-order valence-electron chi connectivity index (χ1n) is 37.1. The number of carbonyl (C=O) groups excluding carboxylic acids is 4. The van der Waals surface area contributed by atoms with E-state index in [4.69, 9.17) is 74.8 Å². The number of nitrogens with one attached hydrogen (secondary N) is 4. The van der Waals surface area contributed by atoms with Gasteiger partial charge in [-0.15, -0.1) is 11.6 Å². The topological polar surface area (TPSA) is 243 Å². The third kappa shape index (κ3) is 17.1. The molecule has 0 radical (unpaired) electrons. The van der Waals surface area contributed by atoms with Gasteiger partial charge in [-0.1, -0.05) is 121 Å². The summed E-state index contributed by atoms with van der Waals surface area (Å²) in [6.45, 7) is 8.16. The van der Waals surface area contributed by atoms with Crippen molar-refractivity contribution in [2.24, 2.45) is 0 Å². The van der Waals surface area contributed by atoms with E-state index in [1.165, 1.54) is 28.8 Å². The summed E-state index contributed by atoms with van der Waals surface area (Å²) < 4.78 is 34.4. The number of non-ortho nitro benzene ring substituents is 1. The van der Waals surface area contributed by atoms with Crippen LogP contribution in [0.3, 0.4) is 0 Å². The zero-order valence-electron chi connectivity index (χ0n) is 62.6. The molecule has 27 heteroatoms. The molecule has 0 saturated carbocycles. The molecule has 4 aliphatic heterocycles.